The highest BCUT2D eigenvalue weighted by atomic mass is 79.9. The van der Waals surface area contributed by atoms with E-state index in [4.69, 9.17) is 0 Å². The van der Waals surface area contributed by atoms with Crippen LogP contribution in [0.15, 0.2) is 22.7 Å². The zero-order valence-corrected chi connectivity index (χ0v) is 14.3. The number of benzene rings is 1. The standard InChI is InChI=1S/C16H20BrFN2O/c1-5-20-14(15(17)11(3)19-20)9-16(4,21)12-7-6-10(2)13(18)8-12/h6-8,21H,5,9H2,1-4H3. The molecule has 0 radical (unpaired) electrons. The average molecular weight is 355 g/mol. The molecule has 1 aromatic heterocycles. The minimum atomic E-state index is -1.16. The van der Waals surface area contributed by atoms with Crippen LogP contribution < -0.4 is 0 Å². The van der Waals surface area contributed by atoms with Gasteiger partial charge in [-0.05, 0) is 60.8 Å². The second-order valence-electron chi connectivity index (χ2n) is 5.58. The van der Waals surface area contributed by atoms with Gasteiger partial charge in [-0.3, -0.25) is 4.68 Å². The molecule has 1 N–H and O–H groups in total. The number of hydrogen-bond donors (Lipinski definition) is 1. The van der Waals surface area contributed by atoms with Crippen LogP contribution in [0.4, 0.5) is 4.39 Å². The molecule has 0 aliphatic rings. The molecular formula is C16H20BrFN2O. The van der Waals surface area contributed by atoms with Crippen molar-refractivity contribution in [2.45, 2.75) is 46.3 Å². The van der Waals surface area contributed by atoms with Crippen molar-refractivity contribution in [3.05, 3.63) is 51.0 Å². The second kappa shape index (κ2) is 5.89. The predicted molar refractivity (Wildman–Crippen MR) is 84.7 cm³/mol. The first kappa shape index (κ1) is 16.2. The van der Waals surface area contributed by atoms with E-state index < -0.39 is 5.60 Å². The third-order valence-electron chi connectivity index (χ3n) is 3.76. The van der Waals surface area contributed by atoms with Gasteiger partial charge in [0.2, 0.25) is 0 Å². The lowest BCUT2D eigenvalue weighted by atomic mass is 9.90. The zero-order chi connectivity index (χ0) is 15.8. The highest BCUT2D eigenvalue weighted by Crippen LogP contribution is 2.31. The fraction of sp³-hybridized carbons (Fsp3) is 0.438. The van der Waals surface area contributed by atoms with Crippen LogP contribution in [0.5, 0.6) is 0 Å². The summed E-state index contributed by atoms with van der Waals surface area (Å²) in [5, 5.41) is 15.2. The van der Waals surface area contributed by atoms with E-state index in [1.54, 1.807) is 26.0 Å². The van der Waals surface area contributed by atoms with E-state index in [1.165, 1.54) is 6.07 Å². The van der Waals surface area contributed by atoms with Crippen LogP contribution >= 0.6 is 15.9 Å². The SMILES string of the molecule is CCn1nc(C)c(Br)c1CC(C)(O)c1ccc(C)c(F)c1. The fourth-order valence-electron chi connectivity index (χ4n) is 2.39. The second-order valence-corrected chi connectivity index (χ2v) is 6.37. The van der Waals surface area contributed by atoms with Crippen molar-refractivity contribution in [3.63, 3.8) is 0 Å². The first-order chi connectivity index (χ1) is 9.76. The smallest absolute Gasteiger partial charge is 0.126 e. The summed E-state index contributed by atoms with van der Waals surface area (Å²) in [5.74, 6) is -0.299. The van der Waals surface area contributed by atoms with Gasteiger partial charge in [0, 0.05) is 13.0 Å². The summed E-state index contributed by atoms with van der Waals surface area (Å²) < 4.78 is 16.5. The first-order valence-corrected chi connectivity index (χ1v) is 7.76. The first-order valence-electron chi connectivity index (χ1n) is 6.97. The molecule has 1 unspecified atom stereocenters. The number of aromatic nitrogens is 2. The molecule has 2 rings (SSSR count). The molecule has 0 fully saturated rings. The van der Waals surface area contributed by atoms with Gasteiger partial charge in [-0.25, -0.2) is 4.39 Å². The molecule has 1 heterocycles. The number of aliphatic hydroxyl groups is 1. The number of aryl methyl sites for hydroxylation is 3. The molecule has 0 bridgehead atoms. The van der Waals surface area contributed by atoms with Gasteiger partial charge in [0.25, 0.3) is 0 Å². The largest absolute Gasteiger partial charge is 0.385 e. The molecule has 1 atom stereocenters. The number of nitrogens with zero attached hydrogens (tertiary/aromatic N) is 2. The highest BCUT2D eigenvalue weighted by molar-refractivity contribution is 9.10. The monoisotopic (exact) mass is 354 g/mol. The lowest BCUT2D eigenvalue weighted by Crippen LogP contribution is -2.26. The Kier molecular flexibility index (Phi) is 4.54. The Morgan fingerprint density at radius 1 is 1.38 bits per heavy atom. The van der Waals surface area contributed by atoms with Crippen molar-refractivity contribution < 1.29 is 9.50 Å². The van der Waals surface area contributed by atoms with Gasteiger partial charge < -0.3 is 5.11 Å². The molecule has 0 amide bonds. The molecule has 1 aromatic carbocycles. The summed E-state index contributed by atoms with van der Waals surface area (Å²) in [5.41, 5.74) is 1.79. The molecule has 0 aliphatic heterocycles. The van der Waals surface area contributed by atoms with Crippen molar-refractivity contribution in [1.29, 1.82) is 0 Å². The Balaban J connectivity index is 2.39. The Morgan fingerprint density at radius 2 is 2.05 bits per heavy atom. The highest BCUT2D eigenvalue weighted by Gasteiger charge is 2.28. The predicted octanol–water partition coefficient (Wildman–Crippen LogP) is 3.87. The fourth-order valence-corrected chi connectivity index (χ4v) is 2.82. The molecule has 2 aromatic rings. The van der Waals surface area contributed by atoms with E-state index in [2.05, 4.69) is 21.0 Å². The molecule has 5 heteroatoms. The van der Waals surface area contributed by atoms with Crippen LogP contribution in [-0.2, 0) is 18.6 Å². The average Bonchev–Trinajstić information content (AvgIpc) is 2.69. The number of rotatable bonds is 4. The third-order valence-corrected chi connectivity index (χ3v) is 4.79. The Bertz CT molecular complexity index is 665. The molecule has 0 aliphatic carbocycles. The maximum Gasteiger partial charge on any atom is 0.126 e. The van der Waals surface area contributed by atoms with Crippen molar-refractivity contribution in [3.8, 4) is 0 Å². The van der Waals surface area contributed by atoms with Crippen molar-refractivity contribution in [2.24, 2.45) is 0 Å². The van der Waals surface area contributed by atoms with Gasteiger partial charge in [-0.15, -0.1) is 0 Å². The van der Waals surface area contributed by atoms with Crippen molar-refractivity contribution >= 4 is 15.9 Å². The van der Waals surface area contributed by atoms with Gasteiger partial charge in [0.1, 0.15) is 5.82 Å². The van der Waals surface area contributed by atoms with E-state index in [1.807, 2.05) is 18.5 Å². The summed E-state index contributed by atoms with van der Waals surface area (Å²) in [6.07, 6.45) is 0.366. The molecule has 0 saturated heterocycles. The van der Waals surface area contributed by atoms with Gasteiger partial charge >= 0.3 is 0 Å². The molecule has 0 spiro atoms. The Hall–Kier alpha value is -1.20. The summed E-state index contributed by atoms with van der Waals surface area (Å²) in [6.45, 7) is 8.05. The van der Waals surface area contributed by atoms with Gasteiger partial charge in [-0.1, -0.05) is 12.1 Å². The minimum absolute atomic E-state index is 0.299. The van der Waals surface area contributed by atoms with Crippen molar-refractivity contribution in [2.75, 3.05) is 0 Å². The zero-order valence-electron chi connectivity index (χ0n) is 12.7. The molecule has 21 heavy (non-hydrogen) atoms. The topological polar surface area (TPSA) is 38.0 Å². The van der Waals surface area contributed by atoms with E-state index in [0.717, 1.165) is 22.4 Å². The summed E-state index contributed by atoms with van der Waals surface area (Å²) in [4.78, 5) is 0. The van der Waals surface area contributed by atoms with Gasteiger partial charge in [0.15, 0.2) is 0 Å². The van der Waals surface area contributed by atoms with Crippen LogP contribution in [0.1, 0.15) is 36.4 Å². The lowest BCUT2D eigenvalue weighted by molar-refractivity contribution is 0.0548. The lowest BCUT2D eigenvalue weighted by Gasteiger charge is -2.25. The van der Waals surface area contributed by atoms with E-state index in [-0.39, 0.29) is 5.82 Å². The number of hydrogen-bond acceptors (Lipinski definition) is 2. The molecule has 114 valence electrons. The summed E-state index contributed by atoms with van der Waals surface area (Å²) in [7, 11) is 0. The maximum absolute atomic E-state index is 13.7. The van der Waals surface area contributed by atoms with Crippen LogP contribution in [0, 0.1) is 19.7 Å². The van der Waals surface area contributed by atoms with Crippen LogP contribution in [0.3, 0.4) is 0 Å². The van der Waals surface area contributed by atoms with E-state index in [9.17, 15) is 9.50 Å². The Morgan fingerprint density at radius 3 is 2.62 bits per heavy atom. The summed E-state index contributed by atoms with van der Waals surface area (Å²) >= 11 is 3.52. The minimum Gasteiger partial charge on any atom is -0.385 e. The van der Waals surface area contributed by atoms with Crippen LogP contribution in [-0.4, -0.2) is 14.9 Å². The maximum atomic E-state index is 13.7. The number of halogens is 2. The van der Waals surface area contributed by atoms with Gasteiger partial charge in [-0.2, -0.15) is 5.10 Å². The Labute approximate surface area is 132 Å². The molecule has 0 saturated carbocycles. The van der Waals surface area contributed by atoms with Crippen LogP contribution in [0.25, 0.3) is 0 Å². The van der Waals surface area contributed by atoms with E-state index in [0.29, 0.717) is 17.5 Å². The molecule has 3 nitrogen and oxygen atoms in total. The van der Waals surface area contributed by atoms with Crippen molar-refractivity contribution in [1.82, 2.24) is 9.78 Å². The van der Waals surface area contributed by atoms with E-state index >= 15 is 0 Å². The van der Waals surface area contributed by atoms with Gasteiger partial charge in [0.05, 0.1) is 21.5 Å². The molecular weight excluding hydrogens is 335 g/mol. The quantitative estimate of drug-likeness (QED) is 0.904. The third kappa shape index (κ3) is 3.19. The van der Waals surface area contributed by atoms with Crippen LogP contribution in [0.2, 0.25) is 0 Å². The summed E-state index contributed by atoms with van der Waals surface area (Å²) in [6, 6.07) is 4.87. The normalized spacial score (nSPS) is 14.2.